The van der Waals surface area contributed by atoms with Crippen LogP contribution in [0.25, 0.3) is 0 Å². The van der Waals surface area contributed by atoms with E-state index in [-0.39, 0.29) is 0 Å². The zero-order chi connectivity index (χ0) is 12.6. The fourth-order valence-electron chi connectivity index (χ4n) is 1.57. The molecule has 0 amide bonds. The highest BCUT2D eigenvalue weighted by atomic mass is 79.9. The molecule has 0 aliphatic rings. The van der Waals surface area contributed by atoms with Crippen LogP contribution in [0.2, 0.25) is 4.34 Å². The molecule has 2 aromatic rings. The highest BCUT2D eigenvalue weighted by molar-refractivity contribution is 9.10. The zero-order valence-electron chi connectivity index (χ0n) is 8.88. The summed E-state index contributed by atoms with van der Waals surface area (Å²) in [4.78, 5) is 0.836. The summed E-state index contributed by atoms with van der Waals surface area (Å²) in [6, 6.07) is 7.66. The molecule has 1 N–H and O–H groups in total. The predicted octanol–water partition coefficient (Wildman–Crippen LogP) is 5.32. The lowest BCUT2D eigenvalue weighted by molar-refractivity contribution is 0.223. The molecule has 0 bridgehead atoms. The Morgan fingerprint density at radius 3 is 2.59 bits per heavy atom. The Balaban J connectivity index is 2.43. The van der Waals surface area contributed by atoms with E-state index in [1.54, 1.807) is 0 Å². The van der Waals surface area contributed by atoms with Gasteiger partial charge in [-0.3, -0.25) is 0 Å². The Kier molecular flexibility index (Phi) is 4.31. The molecule has 1 unspecified atom stereocenters. The van der Waals surface area contributed by atoms with Gasteiger partial charge in [0.25, 0.3) is 0 Å². The molecule has 1 heterocycles. The smallest absolute Gasteiger partial charge is 0.114 e. The first-order valence-electron chi connectivity index (χ1n) is 4.88. The Morgan fingerprint density at radius 1 is 1.29 bits per heavy atom. The monoisotopic (exact) mass is 394 g/mol. The number of rotatable bonds is 2. The highest BCUT2D eigenvalue weighted by Crippen LogP contribution is 2.38. The standard InChI is InChI=1S/C12H9Br2ClOS/c1-6-7(3-2-4-8(6)13)11(16)10-5-9(14)12(15)17-10/h2-5,11,16H,1H3. The zero-order valence-corrected chi connectivity index (χ0v) is 13.6. The number of halogens is 3. The number of hydrogen-bond acceptors (Lipinski definition) is 2. The summed E-state index contributed by atoms with van der Waals surface area (Å²) >= 11 is 14.2. The van der Waals surface area contributed by atoms with E-state index in [9.17, 15) is 5.11 Å². The molecule has 2 rings (SSSR count). The van der Waals surface area contributed by atoms with E-state index in [4.69, 9.17) is 11.6 Å². The largest absolute Gasteiger partial charge is 0.383 e. The van der Waals surface area contributed by atoms with Crippen molar-refractivity contribution >= 4 is 54.8 Å². The van der Waals surface area contributed by atoms with Gasteiger partial charge in [0.2, 0.25) is 0 Å². The lowest BCUT2D eigenvalue weighted by atomic mass is 10.0. The van der Waals surface area contributed by atoms with Crippen molar-refractivity contribution in [2.24, 2.45) is 0 Å². The maximum Gasteiger partial charge on any atom is 0.114 e. The molecule has 0 spiro atoms. The molecule has 0 radical (unpaired) electrons. The van der Waals surface area contributed by atoms with Crippen LogP contribution in [0.1, 0.15) is 22.1 Å². The Hall–Kier alpha value is 0.130. The first kappa shape index (κ1) is 13.6. The Morgan fingerprint density at radius 2 is 2.00 bits per heavy atom. The van der Waals surface area contributed by atoms with Gasteiger partial charge < -0.3 is 5.11 Å². The normalized spacial score (nSPS) is 12.8. The lowest BCUT2D eigenvalue weighted by Crippen LogP contribution is -2.00. The average molecular weight is 397 g/mol. The third-order valence-corrected chi connectivity index (χ3v) is 5.92. The molecule has 1 atom stereocenters. The van der Waals surface area contributed by atoms with E-state index >= 15 is 0 Å². The summed E-state index contributed by atoms with van der Waals surface area (Å²) in [6.07, 6.45) is -0.638. The van der Waals surface area contributed by atoms with Crippen molar-refractivity contribution in [1.29, 1.82) is 0 Å². The minimum atomic E-state index is -0.638. The van der Waals surface area contributed by atoms with E-state index in [1.807, 2.05) is 31.2 Å². The van der Waals surface area contributed by atoms with E-state index in [0.29, 0.717) is 4.34 Å². The van der Waals surface area contributed by atoms with Gasteiger partial charge in [0, 0.05) is 13.8 Å². The highest BCUT2D eigenvalue weighted by Gasteiger charge is 2.17. The van der Waals surface area contributed by atoms with Gasteiger partial charge in [-0.1, -0.05) is 39.7 Å². The van der Waals surface area contributed by atoms with Crippen LogP contribution in [0.5, 0.6) is 0 Å². The van der Waals surface area contributed by atoms with Crippen molar-refractivity contribution in [2.45, 2.75) is 13.0 Å². The van der Waals surface area contributed by atoms with Crippen molar-refractivity contribution in [2.75, 3.05) is 0 Å². The molecule has 0 aliphatic carbocycles. The van der Waals surface area contributed by atoms with Gasteiger partial charge in [0.05, 0.1) is 0 Å². The summed E-state index contributed by atoms with van der Waals surface area (Å²) in [6.45, 7) is 1.98. The number of thiophene rings is 1. The molecule has 0 fully saturated rings. The third kappa shape index (κ3) is 2.76. The molecule has 0 saturated carbocycles. The second-order valence-electron chi connectivity index (χ2n) is 3.63. The number of benzene rings is 1. The van der Waals surface area contributed by atoms with Crippen LogP contribution in [0, 0.1) is 6.92 Å². The third-order valence-electron chi connectivity index (χ3n) is 2.54. The first-order chi connectivity index (χ1) is 8.00. The minimum absolute atomic E-state index is 0.638. The summed E-state index contributed by atoms with van der Waals surface area (Å²) in [7, 11) is 0. The van der Waals surface area contributed by atoms with Gasteiger partial charge in [-0.15, -0.1) is 11.3 Å². The quantitative estimate of drug-likeness (QED) is 0.729. The number of aliphatic hydroxyl groups is 1. The average Bonchev–Trinajstić information content (AvgIpc) is 2.62. The van der Waals surface area contributed by atoms with Gasteiger partial charge in [0.1, 0.15) is 10.4 Å². The molecule has 1 nitrogen and oxygen atoms in total. The maximum absolute atomic E-state index is 10.3. The maximum atomic E-state index is 10.3. The SMILES string of the molecule is Cc1c(Br)cccc1C(O)c1cc(Br)c(Cl)s1. The van der Waals surface area contributed by atoms with Gasteiger partial charge in [-0.2, -0.15) is 0 Å². The molecule has 1 aromatic heterocycles. The van der Waals surface area contributed by atoms with Gasteiger partial charge in [-0.25, -0.2) is 0 Å². The number of aliphatic hydroxyl groups excluding tert-OH is 1. The summed E-state index contributed by atoms with van der Waals surface area (Å²) < 4.78 is 2.48. The van der Waals surface area contributed by atoms with Crippen LogP contribution < -0.4 is 0 Å². The molecule has 17 heavy (non-hydrogen) atoms. The molecule has 1 aromatic carbocycles. The molecule has 5 heteroatoms. The Bertz CT molecular complexity index is 534. The van der Waals surface area contributed by atoms with Crippen molar-refractivity contribution in [3.63, 3.8) is 0 Å². The van der Waals surface area contributed by atoms with Crippen LogP contribution >= 0.6 is 54.8 Å². The van der Waals surface area contributed by atoms with E-state index in [2.05, 4.69) is 31.9 Å². The molecule has 0 aliphatic heterocycles. The molecule has 0 saturated heterocycles. The number of hydrogen-bond donors (Lipinski definition) is 1. The fourth-order valence-corrected chi connectivity index (χ4v) is 3.69. The predicted molar refractivity (Wildman–Crippen MR) is 80.0 cm³/mol. The van der Waals surface area contributed by atoms with E-state index < -0.39 is 6.10 Å². The summed E-state index contributed by atoms with van der Waals surface area (Å²) in [5, 5.41) is 10.3. The summed E-state index contributed by atoms with van der Waals surface area (Å²) in [5.74, 6) is 0. The molecule has 90 valence electrons. The second kappa shape index (κ2) is 5.41. The van der Waals surface area contributed by atoms with E-state index in [1.165, 1.54) is 11.3 Å². The van der Waals surface area contributed by atoms with Crippen LogP contribution in [0.15, 0.2) is 33.2 Å². The van der Waals surface area contributed by atoms with Crippen molar-refractivity contribution in [3.05, 3.63) is 53.6 Å². The summed E-state index contributed by atoms with van der Waals surface area (Å²) in [5.41, 5.74) is 1.94. The van der Waals surface area contributed by atoms with Crippen LogP contribution in [0.3, 0.4) is 0 Å². The van der Waals surface area contributed by atoms with Gasteiger partial charge in [-0.05, 0) is 46.1 Å². The van der Waals surface area contributed by atoms with Crippen LogP contribution in [-0.2, 0) is 0 Å². The van der Waals surface area contributed by atoms with E-state index in [0.717, 1.165) is 24.9 Å². The first-order valence-corrected chi connectivity index (χ1v) is 7.66. The van der Waals surface area contributed by atoms with Crippen molar-refractivity contribution in [1.82, 2.24) is 0 Å². The fraction of sp³-hybridized carbons (Fsp3) is 0.167. The van der Waals surface area contributed by atoms with Crippen LogP contribution in [-0.4, -0.2) is 5.11 Å². The lowest BCUT2D eigenvalue weighted by Gasteiger charge is -2.13. The Labute approximate surface area is 126 Å². The topological polar surface area (TPSA) is 20.2 Å². The van der Waals surface area contributed by atoms with Gasteiger partial charge >= 0.3 is 0 Å². The van der Waals surface area contributed by atoms with Crippen molar-refractivity contribution in [3.8, 4) is 0 Å². The van der Waals surface area contributed by atoms with Crippen molar-refractivity contribution < 1.29 is 5.11 Å². The molecular weight excluding hydrogens is 387 g/mol. The second-order valence-corrected chi connectivity index (χ2v) is 7.02. The van der Waals surface area contributed by atoms with Gasteiger partial charge in [0.15, 0.2) is 0 Å². The minimum Gasteiger partial charge on any atom is -0.383 e. The van der Waals surface area contributed by atoms with Crippen LogP contribution in [0.4, 0.5) is 0 Å². The molecular formula is C12H9Br2ClOS.